The molecule has 0 saturated heterocycles. The van der Waals surface area contributed by atoms with Crippen LogP contribution in [0.4, 0.5) is 11.6 Å². The zero-order chi connectivity index (χ0) is 12.5. The van der Waals surface area contributed by atoms with Crippen LogP contribution in [0.5, 0.6) is 0 Å². The molecule has 0 saturated carbocycles. The fourth-order valence-corrected chi connectivity index (χ4v) is 1.66. The number of hydrogen-bond donors (Lipinski definition) is 4. The molecule has 0 radical (unpaired) electrons. The van der Waals surface area contributed by atoms with Crippen LogP contribution in [-0.2, 0) is 0 Å². The van der Waals surface area contributed by atoms with E-state index in [2.05, 4.69) is 25.5 Å². The minimum absolute atomic E-state index is 0.218. The van der Waals surface area contributed by atoms with Crippen LogP contribution < -0.4 is 11.1 Å². The smallest absolute Gasteiger partial charge is 0.278 e. The van der Waals surface area contributed by atoms with Gasteiger partial charge < -0.3 is 10.7 Å². The lowest BCUT2D eigenvalue weighted by Crippen LogP contribution is -2.15. The third-order valence-electron chi connectivity index (χ3n) is 2.52. The Labute approximate surface area is 101 Å². The molecule has 0 aliphatic heterocycles. The van der Waals surface area contributed by atoms with Crippen molar-refractivity contribution >= 4 is 28.6 Å². The van der Waals surface area contributed by atoms with Crippen molar-refractivity contribution in [1.82, 2.24) is 20.2 Å². The van der Waals surface area contributed by atoms with Gasteiger partial charge in [0, 0.05) is 0 Å². The van der Waals surface area contributed by atoms with Gasteiger partial charge in [-0.25, -0.2) is 4.98 Å². The van der Waals surface area contributed by atoms with E-state index in [-0.39, 0.29) is 11.6 Å². The van der Waals surface area contributed by atoms with Gasteiger partial charge >= 0.3 is 0 Å². The summed E-state index contributed by atoms with van der Waals surface area (Å²) in [7, 11) is 0. The van der Waals surface area contributed by atoms with Gasteiger partial charge in [0.05, 0.1) is 22.9 Å². The Morgan fingerprint density at radius 1 is 1.33 bits per heavy atom. The molecule has 7 nitrogen and oxygen atoms in total. The van der Waals surface area contributed by atoms with Gasteiger partial charge in [-0.15, -0.1) is 0 Å². The number of imidazole rings is 1. The number of H-pyrrole nitrogens is 2. The molecule has 90 valence electrons. The first-order valence-electron chi connectivity index (χ1n) is 5.29. The second-order valence-electron chi connectivity index (χ2n) is 3.76. The first-order valence-corrected chi connectivity index (χ1v) is 5.29. The SMILES string of the molecule is Nc1cn[nH]c1C(=O)Nc1nc2ccccc2[nH]1. The summed E-state index contributed by atoms with van der Waals surface area (Å²) in [4.78, 5) is 19.1. The minimum atomic E-state index is -0.385. The van der Waals surface area contributed by atoms with E-state index in [4.69, 9.17) is 5.73 Å². The van der Waals surface area contributed by atoms with E-state index in [1.165, 1.54) is 6.20 Å². The monoisotopic (exact) mass is 242 g/mol. The maximum Gasteiger partial charge on any atom is 0.278 e. The molecule has 3 rings (SSSR count). The quantitative estimate of drug-likeness (QED) is 0.539. The lowest BCUT2D eigenvalue weighted by molar-refractivity contribution is 0.102. The van der Waals surface area contributed by atoms with Crippen LogP contribution in [0.3, 0.4) is 0 Å². The fraction of sp³-hybridized carbons (Fsp3) is 0. The maximum atomic E-state index is 11.9. The van der Waals surface area contributed by atoms with Crippen LogP contribution in [0, 0.1) is 0 Å². The molecule has 1 amide bonds. The van der Waals surface area contributed by atoms with Crippen molar-refractivity contribution in [1.29, 1.82) is 0 Å². The van der Waals surface area contributed by atoms with Gasteiger partial charge in [-0.2, -0.15) is 5.10 Å². The number of nitrogens with two attached hydrogens (primary N) is 1. The molecule has 0 atom stereocenters. The highest BCUT2D eigenvalue weighted by molar-refractivity contribution is 6.05. The molecule has 0 fully saturated rings. The van der Waals surface area contributed by atoms with Gasteiger partial charge in [0.15, 0.2) is 0 Å². The number of aromatic nitrogens is 4. The maximum absolute atomic E-state index is 11.9. The summed E-state index contributed by atoms with van der Waals surface area (Å²) < 4.78 is 0. The topological polar surface area (TPSA) is 112 Å². The van der Waals surface area contributed by atoms with Crippen LogP contribution in [-0.4, -0.2) is 26.1 Å². The summed E-state index contributed by atoms with van der Waals surface area (Å²) in [6.45, 7) is 0. The van der Waals surface area contributed by atoms with E-state index in [0.29, 0.717) is 11.6 Å². The molecule has 0 bridgehead atoms. The molecule has 2 heterocycles. The average Bonchev–Trinajstić information content (AvgIpc) is 2.94. The number of rotatable bonds is 2. The minimum Gasteiger partial charge on any atom is -0.396 e. The highest BCUT2D eigenvalue weighted by Gasteiger charge is 2.13. The molecule has 18 heavy (non-hydrogen) atoms. The van der Waals surface area contributed by atoms with Gasteiger partial charge in [0.25, 0.3) is 5.91 Å². The Bertz CT molecular complexity index is 680. The van der Waals surface area contributed by atoms with Crippen LogP contribution >= 0.6 is 0 Å². The molecular weight excluding hydrogens is 232 g/mol. The predicted molar refractivity (Wildman–Crippen MR) is 67.0 cm³/mol. The van der Waals surface area contributed by atoms with Crippen molar-refractivity contribution in [3.8, 4) is 0 Å². The number of aromatic amines is 2. The van der Waals surface area contributed by atoms with Crippen LogP contribution in [0.25, 0.3) is 11.0 Å². The largest absolute Gasteiger partial charge is 0.396 e. The van der Waals surface area contributed by atoms with Crippen molar-refractivity contribution in [3.05, 3.63) is 36.2 Å². The van der Waals surface area contributed by atoms with E-state index < -0.39 is 0 Å². The van der Waals surface area contributed by atoms with Gasteiger partial charge in [-0.1, -0.05) is 12.1 Å². The molecule has 0 spiro atoms. The number of para-hydroxylation sites is 2. The second-order valence-corrected chi connectivity index (χ2v) is 3.76. The van der Waals surface area contributed by atoms with Gasteiger partial charge in [-0.05, 0) is 12.1 Å². The number of nitrogens with zero attached hydrogens (tertiary/aromatic N) is 2. The normalized spacial score (nSPS) is 10.7. The van der Waals surface area contributed by atoms with Crippen LogP contribution in [0.2, 0.25) is 0 Å². The number of carbonyl (C=O) groups excluding carboxylic acids is 1. The van der Waals surface area contributed by atoms with Crippen molar-refractivity contribution in [3.63, 3.8) is 0 Å². The van der Waals surface area contributed by atoms with E-state index in [9.17, 15) is 4.79 Å². The lowest BCUT2D eigenvalue weighted by Gasteiger charge is -1.99. The zero-order valence-electron chi connectivity index (χ0n) is 9.27. The molecule has 2 aromatic heterocycles. The van der Waals surface area contributed by atoms with E-state index in [0.717, 1.165) is 11.0 Å². The predicted octanol–water partition coefficient (Wildman–Crippen LogP) is 1.12. The summed E-state index contributed by atoms with van der Waals surface area (Å²) in [5.41, 5.74) is 7.73. The molecule has 5 N–H and O–H groups in total. The van der Waals surface area contributed by atoms with Gasteiger partial charge in [0.1, 0.15) is 5.69 Å². The molecule has 3 aromatic rings. The van der Waals surface area contributed by atoms with Crippen molar-refractivity contribution in [2.75, 3.05) is 11.1 Å². The van der Waals surface area contributed by atoms with Crippen molar-refractivity contribution in [2.45, 2.75) is 0 Å². The number of anilines is 2. The van der Waals surface area contributed by atoms with Gasteiger partial charge in [0.2, 0.25) is 5.95 Å². The zero-order valence-corrected chi connectivity index (χ0v) is 9.27. The number of hydrogen-bond acceptors (Lipinski definition) is 4. The molecule has 0 aliphatic carbocycles. The molecule has 1 aromatic carbocycles. The summed E-state index contributed by atoms with van der Waals surface area (Å²) in [6.07, 6.45) is 1.38. The highest BCUT2D eigenvalue weighted by atomic mass is 16.2. The van der Waals surface area contributed by atoms with Crippen LogP contribution in [0.15, 0.2) is 30.5 Å². The first-order chi connectivity index (χ1) is 8.74. The van der Waals surface area contributed by atoms with Gasteiger partial charge in [-0.3, -0.25) is 15.2 Å². The number of nitrogens with one attached hydrogen (secondary N) is 3. The number of fused-ring (bicyclic) bond motifs is 1. The Morgan fingerprint density at radius 3 is 2.89 bits per heavy atom. The second kappa shape index (κ2) is 3.88. The number of carbonyl (C=O) groups is 1. The summed E-state index contributed by atoms with van der Waals surface area (Å²) >= 11 is 0. The molecule has 0 aliphatic rings. The third-order valence-corrected chi connectivity index (χ3v) is 2.52. The Balaban J connectivity index is 1.88. The average molecular weight is 242 g/mol. The number of amides is 1. The van der Waals surface area contributed by atoms with Crippen molar-refractivity contribution < 1.29 is 4.79 Å². The lowest BCUT2D eigenvalue weighted by atomic mass is 10.3. The number of benzene rings is 1. The standard InChI is InChI=1S/C11H10N6O/c12-6-5-13-17-9(6)10(18)16-11-14-7-3-1-2-4-8(7)15-11/h1-5H,12H2,(H,13,17)(H2,14,15,16,18). The summed E-state index contributed by atoms with van der Waals surface area (Å²) in [5, 5.41) is 8.83. The van der Waals surface area contributed by atoms with E-state index >= 15 is 0 Å². The highest BCUT2D eigenvalue weighted by Crippen LogP contribution is 2.14. The summed E-state index contributed by atoms with van der Waals surface area (Å²) in [5.74, 6) is -0.0146. The molecule has 7 heteroatoms. The molecule has 0 unspecified atom stereocenters. The Hall–Kier alpha value is -2.83. The van der Waals surface area contributed by atoms with E-state index in [1.54, 1.807) is 0 Å². The van der Waals surface area contributed by atoms with E-state index in [1.807, 2.05) is 24.3 Å². The first kappa shape index (κ1) is 10.3. The number of nitrogen functional groups attached to an aromatic ring is 1. The van der Waals surface area contributed by atoms with Crippen molar-refractivity contribution in [2.24, 2.45) is 0 Å². The summed E-state index contributed by atoms with van der Waals surface area (Å²) in [6, 6.07) is 7.50. The van der Waals surface area contributed by atoms with Crippen LogP contribution in [0.1, 0.15) is 10.5 Å². The Morgan fingerprint density at radius 2 is 2.17 bits per heavy atom. The third kappa shape index (κ3) is 1.67. The Kier molecular flexibility index (Phi) is 2.23. The fourth-order valence-electron chi connectivity index (χ4n) is 1.66. The molecular formula is C11H10N6O.